The molecule has 1 heterocycles. The quantitative estimate of drug-likeness (QED) is 0.652. The van der Waals surface area contributed by atoms with Gasteiger partial charge in [-0.3, -0.25) is 4.57 Å². The molecule has 0 amide bonds. The number of benzene rings is 2. The molecule has 2 aromatic carbocycles. The second-order valence-electron chi connectivity index (χ2n) is 5.91. The molecule has 0 atom stereocenters. The average molecular weight is 360 g/mol. The van der Waals surface area contributed by atoms with Crippen LogP contribution >= 0.6 is 11.6 Å². The molecule has 5 nitrogen and oxygen atoms in total. The highest BCUT2D eigenvalue weighted by atomic mass is 35.5. The molecule has 0 N–H and O–H groups in total. The van der Waals surface area contributed by atoms with E-state index in [4.69, 9.17) is 20.8 Å². The van der Waals surface area contributed by atoms with Gasteiger partial charge in [-0.2, -0.15) is 0 Å². The lowest BCUT2D eigenvalue weighted by Crippen LogP contribution is -2.26. The topological polar surface area (TPSA) is 61.4 Å². The van der Waals surface area contributed by atoms with E-state index in [1.807, 2.05) is 32.0 Å². The Kier molecular flexibility index (Phi) is 4.95. The molecule has 0 saturated carbocycles. The maximum absolute atomic E-state index is 12.1. The molecule has 3 aromatic rings. The predicted molar refractivity (Wildman–Crippen MR) is 97.8 cm³/mol. The average Bonchev–Trinajstić information content (AvgIpc) is 2.57. The summed E-state index contributed by atoms with van der Waals surface area (Å²) in [6, 6.07) is 10.9. The molecule has 0 radical (unpaired) electrons. The highest BCUT2D eigenvalue weighted by molar-refractivity contribution is 6.35. The summed E-state index contributed by atoms with van der Waals surface area (Å²) in [7, 11) is 0. The van der Waals surface area contributed by atoms with Gasteiger partial charge in [0.15, 0.2) is 0 Å². The van der Waals surface area contributed by atoms with Gasteiger partial charge >= 0.3 is 11.4 Å². The van der Waals surface area contributed by atoms with E-state index < -0.39 is 11.4 Å². The number of nitrogens with zero attached hydrogens (tertiary/aromatic N) is 1. The van der Waals surface area contributed by atoms with Crippen molar-refractivity contribution in [2.75, 3.05) is 6.61 Å². The number of ether oxygens (including phenoxy) is 1. The van der Waals surface area contributed by atoms with Crippen molar-refractivity contribution in [2.45, 2.75) is 26.8 Å². The molecule has 0 bridgehead atoms. The molecule has 6 heteroatoms. The van der Waals surface area contributed by atoms with Crippen molar-refractivity contribution in [1.82, 2.24) is 4.57 Å². The van der Waals surface area contributed by atoms with Crippen LogP contribution in [0.2, 0.25) is 5.02 Å². The Morgan fingerprint density at radius 2 is 1.96 bits per heavy atom. The first-order chi connectivity index (χ1) is 12.0. The van der Waals surface area contributed by atoms with Crippen LogP contribution in [0.1, 0.15) is 17.5 Å². The molecule has 0 spiro atoms. The van der Waals surface area contributed by atoms with Gasteiger partial charge in [0.1, 0.15) is 5.75 Å². The molecule has 0 fully saturated rings. The fourth-order valence-electron chi connectivity index (χ4n) is 2.71. The lowest BCUT2D eigenvalue weighted by Gasteiger charge is -2.12. The fourth-order valence-corrected chi connectivity index (χ4v) is 2.98. The van der Waals surface area contributed by atoms with Gasteiger partial charge in [0, 0.05) is 6.54 Å². The Morgan fingerprint density at radius 3 is 2.76 bits per heavy atom. The Balaban J connectivity index is 1.79. The highest BCUT2D eigenvalue weighted by Crippen LogP contribution is 2.21. The summed E-state index contributed by atoms with van der Waals surface area (Å²) in [6.45, 7) is 4.76. The van der Waals surface area contributed by atoms with Crippen molar-refractivity contribution in [3.05, 3.63) is 73.5 Å². The van der Waals surface area contributed by atoms with Crippen LogP contribution in [0.5, 0.6) is 5.75 Å². The molecule has 0 unspecified atom stereocenters. The monoisotopic (exact) mass is 359 g/mol. The van der Waals surface area contributed by atoms with Gasteiger partial charge in [0.05, 0.1) is 22.5 Å². The molecule has 0 aliphatic carbocycles. The standard InChI is InChI=1S/C19H18ClNO4/c1-12-7-8-13(2)16(11-12)24-10-4-9-21-17-14(5-3-6-15(17)20)18(22)25-19(21)23/h3,5-8,11H,4,9-10H2,1-2H3. The lowest BCUT2D eigenvalue weighted by atomic mass is 10.1. The maximum Gasteiger partial charge on any atom is 0.422 e. The van der Waals surface area contributed by atoms with Crippen LogP contribution in [0, 0.1) is 13.8 Å². The molecular formula is C19H18ClNO4. The lowest BCUT2D eigenvalue weighted by molar-refractivity contribution is 0.295. The van der Waals surface area contributed by atoms with Crippen LogP contribution in [-0.4, -0.2) is 11.2 Å². The van der Waals surface area contributed by atoms with E-state index in [9.17, 15) is 9.59 Å². The zero-order valence-corrected chi connectivity index (χ0v) is 14.8. The van der Waals surface area contributed by atoms with E-state index in [2.05, 4.69) is 0 Å². The van der Waals surface area contributed by atoms with Crippen molar-refractivity contribution in [3.63, 3.8) is 0 Å². The maximum atomic E-state index is 12.1. The second kappa shape index (κ2) is 7.15. The summed E-state index contributed by atoms with van der Waals surface area (Å²) in [5.74, 6) is 0.118. The predicted octanol–water partition coefficient (Wildman–Crippen LogP) is 3.69. The molecule has 0 aliphatic rings. The van der Waals surface area contributed by atoms with Gasteiger partial charge in [0.25, 0.3) is 0 Å². The number of halogens is 1. The SMILES string of the molecule is Cc1ccc(C)c(OCCCn2c(=O)oc(=O)c3cccc(Cl)c32)c1. The Morgan fingerprint density at radius 1 is 1.16 bits per heavy atom. The highest BCUT2D eigenvalue weighted by Gasteiger charge is 2.12. The number of fused-ring (bicyclic) bond motifs is 1. The van der Waals surface area contributed by atoms with Crippen molar-refractivity contribution in [1.29, 1.82) is 0 Å². The van der Waals surface area contributed by atoms with Crippen LogP contribution in [-0.2, 0) is 6.54 Å². The van der Waals surface area contributed by atoms with E-state index in [1.54, 1.807) is 18.2 Å². The first-order valence-corrected chi connectivity index (χ1v) is 8.37. The molecule has 25 heavy (non-hydrogen) atoms. The summed E-state index contributed by atoms with van der Waals surface area (Å²) in [5, 5.41) is 0.639. The smallest absolute Gasteiger partial charge is 0.422 e. The van der Waals surface area contributed by atoms with Crippen molar-refractivity contribution in [2.24, 2.45) is 0 Å². The van der Waals surface area contributed by atoms with Crippen molar-refractivity contribution < 1.29 is 9.15 Å². The van der Waals surface area contributed by atoms with E-state index in [0.717, 1.165) is 16.9 Å². The summed E-state index contributed by atoms with van der Waals surface area (Å²) < 4.78 is 12.0. The van der Waals surface area contributed by atoms with Crippen LogP contribution < -0.4 is 16.1 Å². The summed E-state index contributed by atoms with van der Waals surface area (Å²) in [4.78, 5) is 23.9. The molecular weight excluding hydrogens is 342 g/mol. The van der Waals surface area contributed by atoms with Gasteiger partial charge in [-0.05, 0) is 49.6 Å². The number of hydrogen-bond acceptors (Lipinski definition) is 4. The molecule has 1 aromatic heterocycles. The normalized spacial score (nSPS) is 11.0. The molecule has 3 rings (SSSR count). The van der Waals surface area contributed by atoms with Gasteiger partial charge in [-0.15, -0.1) is 0 Å². The number of rotatable bonds is 5. The van der Waals surface area contributed by atoms with Crippen molar-refractivity contribution in [3.8, 4) is 5.75 Å². The molecule has 130 valence electrons. The van der Waals surface area contributed by atoms with E-state index in [0.29, 0.717) is 35.5 Å². The van der Waals surface area contributed by atoms with Gasteiger partial charge in [0.2, 0.25) is 0 Å². The van der Waals surface area contributed by atoms with Gasteiger partial charge in [-0.1, -0.05) is 29.8 Å². The van der Waals surface area contributed by atoms with E-state index >= 15 is 0 Å². The van der Waals surface area contributed by atoms with Crippen LogP contribution in [0.25, 0.3) is 10.9 Å². The summed E-state index contributed by atoms with van der Waals surface area (Å²) in [5.41, 5.74) is 1.91. The number of hydrogen-bond donors (Lipinski definition) is 0. The van der Waals surface area contributed by atoms with Crippen LogP contribution in [0.3, 0.4) is 0 Å². The third-order valence-electron chi connectivity index (χ3n) is 4.00. The summed E-state index contributed by atoms with van der Waals surface area (Å²) in [6.07, 6.45) is 0.571. The first kappa shape index (κ1) is 17.3. The minimum absolute atomic E-state index is 0.294. The number of para-hydroxylation sites is 1. The van der Waals surface area contributed by atoms with Crippen LogP contribution in [0.4, 0.5) is 0 Å². The molecule has 0 aliphatic heterocycles. The largest absolute Gasteiger partial charge is 0.493 e. The van der Waals surface area contributed by atoms with E-state index in [-0.39, 0.29) is 0 Å². The second-order valence-corrected chi connectivity index (χ2v) is 6.32. The fraction of sp³-hybridized carbons (Fsp3) is 0.263. The Bertz CT molecular complexity index is 1040. The molecule has 0 saturated heterocycles. The third-order valence-corrected chi connectivity index (χ3v) is 4.31. The minimum atomic E-state index is -0.711. The zero-order valence-electron chi connectivity index (χ0n) is 14.0. The number of aryl methyl sites for hydroxylation is 3. The van der Waals surface area contributed by atoms with Gasteiger partial charge in [-0.25, -0.2) is 9.59 Å². The zero-order chi connectivity index (χ0) is 18.0. The third kappa shape index (κ3) is 3.61. The summed E-state index contributed by atoms with van der Waals surface area (Å²) >= 11 is 6.18. The Hall–Kier alpha value is -2.53. The first-order valence-electron chi connectivity index (χ1n) is 7.99. The van der Waals surface area contributed by atoms with E-state index in [1.165, 1.54) is 4.57 Å². The van der Waals surface area contributed by atoms with Crippen LogP contribution in [0.15, 0.2) is 50.4 Å². The number of aromatic nitrogens is 1. The van der Waals surface area contributed by atoms with Gasteiger partial charge < -0.3 is 9.15 Å². The Labute approximate surface area is 149 Å². The minimum Gasteiger partial charge on any atom is -0.493 e. The van der Waals surface area contributed by atoms with Crippen molar-refractivity contribution >= 4 is 22.5 Å².